The molecule has 0 unspecified atom stereocenters. The largest absolute Gasteiger partial charge is 0.445 e. The Balaban J connectivity index is 0. The van der Waals surface area contributed by atoms with E-state index in [2.05, 4.69) is 11.1 Å². The van der Waals surface area contributed by atoms with Gasteiger partial charge in [0.05, 0.1) is 19.8 Å². The van der Waals surface area contributed by atoms with Crippen LogP contribution in [-0.4, -0.2) is 72.6 Å². The van der Waals surface area contributed by atoms with E-state index in [1.165, 1.54) is 76.7 Å². The van der Waals surface area contributed by atoms with Crippen molar-refractivity contribution in [3.63, 3.8) is 0 Å². The summed E-state index contributed by atoms with van der Waals surface area (Å²) >= 11 is 0. The fourth-order valence-corrected chi connectivity index (χ4v) is 3.39. The van der Waals surface area contributed by atoms with Gasteiger partial charge in [0, 0.05) is 19.6 Å². The van der Waals surface area contributed by atoms with Gasteiger partial charge in [-0.3, -0.25) is 9.45 Å². The topological polar surface area (TPSA) is 128 Å². The van der Waals surface area contributed by atoms with E-state index < -0.39 is 10.4 Å². The van der Waals surface area contributed by atoms with Crippen LogP contribution in [0.5, 0.6) is 0 Å². The molecule has 0 saturated heterocycles. The molecular formula is C24H49NO7S. The van der Waals surface area contributed by atoms with Gasteiger partial charge in [-0.1, -0.05) is 89.7 Å². The number of allylic oxidation sites excluding steroid dienone is 3. The number of aliphatic hydroxyl groups is 3. The van der Waals surface area contributed by atoms with Gasteiger partial charge in [0.15, 0.2) is 0 Å². The first-order valence-corrected chi connectivity index (χ1v) is 13.8. The molecule has 0 saturated carbocycles. The number of aliphatic hydroxyl groups excluding tert-OH is 3. The van der Waals surface area contributed by atoms with Crippen molar-refractivity contribution >= 4 is 10.4 Å². The van der Waals surface area contributed by atoms with E-state index in [4.69, 9.17) is 19.9 Å². The Morgan fingerprint density at radius 3 is 1.52 bits per heavy atom. The SMILES string of the molecule is CCCCCCCCCCCCCC/C=C/C=C/OS(=O)(=O)O.OCCN(CCO)CCO. The summed E-state index contributed by atoms with van der Waals surface area (Å²) in [6.45, 7) is 4.01. The molecule has 198 valence electrons. The van der Waals surface area contributed by atoms with Crippen LogP contribution in [0.4, 0.5) is 0 Å². The van der Waals surface area contributed by atoms with E-state index in [9.17, 15) is 8.42 Å². The molecule has 0 aromatic rings. The molecule has 4 N–H and O–H groups in total. The minimum absolute atomic E-state index is 0.0694. The zero-order chi connectivity index (χ0) is 25.0. The van der Waals surface area contributed by atoms with Gasteiger partial charge in [0.1, 0.15) is 6.26 Å². The van der Waals surface area contributed by atoms with Gasteiger partial charge in [-0.05, 0) is 18.9 Å². The predicted octanol–water partition coefficient (Wildman–Crippen LogP) is 4.23. The second kappa shape index (κ2) is 27.3. The van der Waals surface area contributed by atoms with Gasteiger partial charge in [0.2, 0.25) is 0 Å². The Bertz CT molecular complexity index is 525. The highest BCUT2D eigenvalue weighted by atomic mass is 32.3. The van der Waals surface area contributed by atoms with E-state index in [1.807, 2.05) is 6.08 Å². The fourth-order valence-electron chi connectivity index (χ4n) is 3.19. The number of unbranched alkanes of at least 4 members (excludes halogenated alkanes) is 12. The first kappa shape index (κ1) is 34.2. The minimum atomic E-state index is -4.37. The molecule has 0 radical (unpaired) electrons. The van der Waals surface area contributed by atoms with Gasteiger partial charge in [-0.2, -0.15) is 8.42 Å². The Morgan fingerprint density at radius 1 is 0.697 bits per heavy atom. The van der Waals surface area contributed by atoms with Crippen LogP contribution in [0.15, 0.2) is 24.5 Å². The van der Waals surface area contributed by atoms with E-state index >= 15 is 0 Å². The predicted molar refractivity (Wildman–Crippen MR) is 134 cm³/mol. The maximum atomic E-state index is 10.2. The molecule has 0 aliphatic heterocycles. The molecule has 0 atom stereocenters. The lowest BCUT2D eigenvalue weighted by atomic mass is 10.0. The first-order valence-electron chi connectivity index (χ1n) is 12.4. The van der Waals surface area contributed by atoms with Gasteiger partial charge < -0.3 is 19.5 Å². The normalized spacial score (nSPS) is 11.9. The molecule has 0 aliphatic rings. The van der Waals surface area contributed by atoms with Crippen molar-refractivity contribution in [1.82, 2.24) is 4.90 Å². The van der Waals surface area contributed by atoms with Gasteiger partial charge >= 0.3 is 10.4 Å². The van der Waals surface area contributed by atoms with Crippen LogP contribution < -0.4 is 0 Å². The lowest BCUT2D eigenvalue weighted by molar-refractivity contribution is 0.136. The molecule has 9 heteroatoms. The van der Waals surface area contributed by atoms with Crippen LogP contribution in [0.2, 0.25) is 0 Å². The second-order valence-corrected chi connectivity index (χ2v) is 9.02. The third kappa shape index (κ3) is 33.3. The Hall–Kier alpha value is -0.970. The highest BCUT2D eigenvalue weighted by Crippen LogP contribution is 2.12. The molecular weight excluding hydrogens is 446 g/mol. The van der Waals surface area contributed by atoms with Crippen LogP contribution in [0.3, 0.4) is 0 Å². The van der Waals surface area contributed by atoms with Crippen molar-refractivity contribution in [2.45, 2.75) is 90.4 Å². The van der Waals surface area contributed by atoms with Crippen molar-refractivity contribution in [1.29, 1.82) is 0 Å². The number of nitrogens with zero attached hydrogens (tertiary/aromatic N) is 1. The Kier molecular flexibility index (Phi) is 28.3. The highest BCUT2D eigenvalue weighted by Gasteiger charge is 2.00. The molecule has 33 heavy (non-hydrogen) atoms. The van der Waals surface area contributed by atoms with E-state index in [1.54, 1.807) is 11.0 Å². The third-order valence-corrected chi connectivity index (χ3v) is 5.33. The second-order valence-electron chi connectivity index (χ2n) is 7.97. The molecule has 0 bridgehead atoms. The summed E-state index contributed by atoms with van der Waals surface area (Å²) in [5.41, 5.74) is 0. The van der Waals surface area contributed by atoms with Crippen LogP contribution in [0.1, 0.15) is 90.4 Å². The van der Waals surface area contributed by atoms with Gasteiger partial charge in [0.25, 0.3) is 0 Å². The molecule has 0 fully saturated rings. The quantitative estimate of drug-likeness (QED) is 0.0760. The van der Waals surface area contributed by atoms with Crippen LogP contribution in [-0.2, 0) is 14.6 Å². The molecule has 0 aromatic carbocycles. The van der Waals surface area contributed by atoms with Gasteiger partial charge in [-0.25, -0.2) is 0 Å². The molecule has 0 rings (SSSR count). The van der Waals surface area contributed by atoms with Crippen molar-refractivity contribution in [3.8, 4) is 0 Å². The van der Waals surface area contributed by atoms with Crippen molar-refractivity contribution in [2.75, 3.05) is 39.5 Å². The summed E-state index contributed by atoms with van der Waals surface area (Å²) < 4.78 is 32.9. The van der Waals surface area contributed by atoms with E-state index in [-0.39, 0.29) is 19.8 Å². The summed E-state index contributed by atoms with van der Waals surface area (Å²) in [4.78, 5) is 1.79. The summed E-state index contributed by atoms with van der Waals surface area (Å²) in [5.74, 6) is 0. The third-order valence-electron chi connectivity index (χ3n) is 4.98. The van der Waals surface area contributed by atoms with E-state index in [0.717, 1.165) is 19.1 Å². The van der Waals surface area contributed by atoms with E-state index in [0.29, 0.717) is 19.6 Å². The van der Waals surface area contributed by atoms with Crippen LogP contribution in [0.25, 0.3) is 0 Å². The monoisotopic (exact) mass is 495 g/mol. The van der Waals surface area contributed by atoms with Crippen LogP contribution in [0, 0.1) is 0 Å². The standard InChI is InChI=1S/C18H34O4S.C6H15NO3/c1-2-3-4-5-6-7-8-9-10-11-12-13-14-15-16-17-18-22-23(19,20)21;8-4-1-7(2-5-9)3-6-10/h15-18H,2-14H2,1H3,(H,19,20,21);8-10H,1-6H2/b16-15+,18-17+;. The number of rotatable bonds is 22. The summed E-state index contributed by atoms with van der Waals surface area (Å²) in [6.07, 6.45) is 23.2. The molecule has 0 spiro atoms. The van der Waals surface area contributed by atoms with Crippen molar-refractivity contribution in [3.05, 3.63) is 24.5 Å². The zero-order valence-corrected chi connectivity index (χ0v) is 21.4. The molecule has 8 nitrogen and oxygen atoms in total. The first-order chi connectivity index (χ1) is 15.9. The summed E-state index contributed by atoms with van der Waals surface area (Å²) in [6, 6.07) is 0. The average molecular weight is 496 g/mol. The maximum absolute atomic E-state index is 10.2. The smallest absolute Gasteiger partial charge is 0.395 e. The van der Waals surface area contributed by atoms with Crippen molar-refractivity contribution in [2.24, 2.45) is 0 Å². The van der Waals surface area contributed by atoms with Gasteiger partial charge in [-0.15, -0.1) is 0 Å². The lowest BCUT2D eigenvalue weighted by Gasteiger charge is -2.17. The highest BCUT2D eigenvalue weighted by molar-refractivity contribution is 7.81. The zero-order valence-electron chi connectivity index (χ0n) is 20.6. The Labute approximate surface area is 202 Å². The minimum Gasteiger partial charge on any atom is -0.395 e. The summed E-state index contributed by atoms with van der Waals surface area (Å²) in [5, 5.41) is 25.5. The van der Waals surface area contributed by atoms with Crippen LogP contribution >= 0.6 is 0 Å². The number of hydrogen-bond donors (Lipinski definition) is 4. The fraction of sp³-hybridized carbons (Fsp3) is 0.833. The molecule has 0 aliphatic carbocycles. The number of hydrogen-bond acceptors (Lipinski definition) is 7. The Morgan fingerprint density at radius 2 is 1.12 bits per heavy atom. The molecule has 0 amide bonds. The van der Waals surface area contributed by atoms with Crippen molar-refractivity contribution < 1.29 is 32.5 Å². The molecule has 0 heterocycles. The summed E-state index contributed by atoms with van der Waals surface area (Å²) in [7, 11) is -4.37. The lowest BCUT2D eigenvalue weighted by Crippen LogP contribution is -2.32. The molecule has 0 aromatic heterocycles. The maximum Gasteiger partial charge on any atom is 0.445 e. The average Bonchev–Trinajstić information content (AvgIpc) is 2.76.